The zero-order valence-corrected chi connectivity index (χ0v) is 16.1. The average molecular weight is 359 g/mol. The Morgan fingerprint density at radius 3 is 2.30 bits per heavy atom. The topological polar surface area (TPSA) is 71.0 Å². The molecule has 0 aliphatic carbocycles. The molecule has 27 heavy (non-hydrogen) atoms. The van der Waals surface area contributed by atoms with Crippen LogP contribution >= 0.6 is 0 Å². The van der Waals surface area contributed by atoms with Crippen molar-refractivity contribution in [2.24, 2.45) is 0 Å². The first-order valence-electron chi connectivity index (χ1n) is 9.18. The van der Waals surface area contributed by atoms with Crippen molar-refractivity contribution in [2.45, 2.75) is 39.3 Å². The van der Waals surface area contributed by atoms with Crippen LogP contribution in [0.25, 0.3) is 6.08 Å². The Morgan fingerprint density at radius 2 is 1.78 bits per heavy atom. The molecule has 2 aromatic rings. The van der Waals surface area contributed by atoms with E-state index in [0.29, 0.717) is 13.0 Å². The van der Waals surface area contributed by atoms with Crippen LogP contribution in [0.4, 0.5) is 5.69 Å². The number of nitriles is 2. The molecular formula is C23H25N3O. The van der Waals surface area contributed by atoms with Crippen molar-refractivity contribution in [1.29, 1.82) is 10.5 Å². The second-order valence-electron chi connectivity index (χ2n) is 6.50. The summed E-state index contributed by atoms with van der Waals surface area (Å²) in [6, 6.07) is 19.3. The van der Waals surface area contributed by atoms with E-state index in [1.807, 2.05) is 79.4 Å². The van der Waals surface area contributed by atoms with Gasteiger partial charge in [0.25, 0.3) is 0 Å². The lowest BCUT2D eigenvalue weighted by Crippen LogP contribution is -2.46. The lowest BCUT2D eigenvalue weighted by molar-refractivity contribution is 0.0235. The molecule has 0 saturated carbocycles. The van der Waals surface area contributed by atoms with Crippen LogP contribution < -0.4 is 4.90 Å². The molecule has 0 saturated heterocycles. The predicted octanol–water partition coefficient (Wildman–Crippen LogP) is 4.90. The van der Waals surface area contributed by atoms with E-state index in [9.17, 15) is 5.11 Å². The van der Waals surface area contributed by atoms with Crippen molar-refractivity contribution >= 4 is 11.8 Å². The molecule has 4 nitrogen and oxygen atoms in total. The van der Waals surface area contributed by atoms with Gasteiger partial charge in [-0.2, -0.15) is 10.5 Å². The molecule has 0 amide bonds. The smallest absolute Gasteiger partial charge is 0.164 e. The zero-order chi connectivity index (χ0) is 19.9. The Hall–Kier alpha value is -3.08. The molecule has 0 heterocycles. The van der Waals surface area contributed by atoms with E-state index in [0.717, 1.165) is 28.8 Å². The number of hydrogen-bond acceptors (Lipinski definition) is 4. The summed E-state index contributed by atoms with van der Waals surface area (Å²) in [4.78, 5) is 2.00. The monoisotopic (exact) mass is 359 g/mol. The van der Waals surface area contributed by atoms with Crippen molar-refractivity contribution in [3.05, 3.63) is 70.8 Å². The Kier molecular flexibility index (Phi) is 6.77. The first-order valence-corrected chi connectivity index (χ1v) is 9.18. The van der Waals surface area contributed by atoms with E-state index in [1.54, 1.807) is 6.08 Å². The van der Waals surface area contributed by atoms with Gasteiger partial charge in [-0.25, -0.2) is 0 Å². The fraction of sp³-hybridized carbons (Fsp3) is 0.304. The van der Waals surface area contributed by atoms with Crippen LogP contribution in [0.15, 0.2) is 54.1 Å². The molecular weight excluding hydrogens is 334 g/mol. The molecule has 0 spiro atoms. The van der Waals surface area contributed by atoms with Crippen LogP contribution in [-0.2, 0) is 5.72 Å². The third-order valence-electron chi connectivity index (χ3n) is 4.70. The van der Waals surface area contributed by atoms with E-state index < -0.39 is 5.72 Å². The number of aliphatic hydroxyl groups is 1. The van der Waals surface area contributed by atoms with E-state index in [2.05, 4.69) is 6.92 Å². The van der Waals surface area contributed by atoms with Gasteiger partial charge in [0.1, 0.15) is 17.7 Å². The van der Waals surface area contributed by atoms with Crippen LogP contribution in [0, 0.1) is 29.6 Å². The van der Waals surface area contributed by atoms with Gasteiger partial charge >= 0.3 is 0 Å². The lowest BCUT2D eigenvalue weighted by atomic mass is 9.94. The van der Waals surface area contributed by atoms with E-state index in [4.69, 9.17) is 10.5 Å². The minimum atomic E-state index is -1.10. The Morgan fingerprint density at radius 1 is 1.11 bits per heavy atom. The van der Waals surface area contributed by atoms with Gasteiger partial charge in [-0.15, -0.1) is 0 Å². The third kappa shape index (κ3) is 4.37. The van der Waals surface area contributed by atoms with Crippen LogP contribution in [0.5, 0.6) is 0 Å². The van der Waals surface area contributed by atoms with Gasteiger partial charge in [0.2, 0.25) is 0 Å². The summed E-state index contributed by atoms with van der Waals surface area (Å²) in [5.74, 6) is 0. The minimum absolute atomic E-state index is 0.0740. The fourth-order valence-corrected chi connectivity index (χ4v) is 3.38. The number of allylic oxidation sites excluding steroid dienone is 1. The molecule has 138 valence electrons. The van der Waals surface area contributed by atoms with Gasteiger partial charge in [-0.1, -0.05) is 49.7 Å². The highest BCUT2D eigenvalue weighted by Gasteiger charge is 2.34. The van der Waals surface area contributed by atoms with Crippen LogP contribution in [0.3, 0.4) is 0 Å². The number of aryl methyl sites for hydroxylation is 1. The SMILES string of the molecule is CCCC(O)(c1ccccc1)N(CC)c1ccc(C=C(C#N)C#N)c(C)c1. The summed E-state index contributed by atoms with van der Waals surface area (Å²) in [6.45, 7) is 6.67. The summed E-state index contributed by atoms with van der Waals surface area (Å²) in [5, 5.41) is 29.5. The molecule has 0 fully saturated rings. The van der Waals surface area contributed by atoms with Gasteiger partial charge in [-0.3, -0.25) is 0 Å². The largest absolute Gasteiger partial charge is 0.367 e. The molecule has 1 unspecified atom stereocenters. The van der Waals surface area contributed by atoms with Gasteiger partial charge < -0.3 is 10.0 Å². The van der Waals surface area contributed by atoms with Gasteiger partial charge in [0, 0.05) is 17.8 Å². The number of rotatable bonds is 7. The van der Waals surface area contributed by atoms with E-state index in [-0.39, 0.29) is 5.57 Å². The van der Waals surface area contributed by atoms with Crippen molar-refractivity contribution in [3.8, 4) is 12.1 Å². The van der Waals surface area contributed by atoms with Crippen LogP contribution in [0.2, 0.25) is 0 Å². The van der Waals surface area contributed by atoms with Crippen LogP contribution in [-0.4, -0.2) is 11.7 Å². The Bertz CT molecular complexity index is 874. The molecule has 4 heteroatoms. The summed E-state index contributed by atoms with van der Waals surface area (Å²) >= 11 is 0. The van der Waals surface area contributed by atoms with Gasteiger partial charge in [0.05, 0.1) is 0 Å². The second kappa shape index (κ2) is 9.03. The molecule has 2 aromatic carbocycles. The summed E-state index contributed by atoms with van der Waals surface area (Å²) in [6.07, 6.45) is 3.04. The highest BCUT2D eigenvalue weighted by atomic mass is 16.3. The van der Waals surface area contributed by atoms with Crippen molar-refractivity contribution < 1.29 is 5.11 Å². The minimum Gasteiger partial charge on any atom is -0.367 e. The second-order valence-corrected chi connectivity index (χ2v) is 6.50. The molecule has 0 aromatic heterocycles. The highest BCUT2D eigenvalue weighted by molar-refractivity contribution is 5.67. The summed E-state index contributed by atoms with van der Waals surface area (Å²) < 4.78 is 0. The third-order valence-corrected chi connectivity index (χ3v) is 4.70. The number of anilines is 1. The first kappa shape index (κ1) is 20.2. The Labute approximate surface area is 161 Å². The predicted molar refractivity (Wildman–Crippen MR) is 109 cm³/mol. The fourth-order valence-electron chi connectivity index (χ4n) is 3.38. The maximum atomic E-state index is 11.6. The maximum absolute atomic E-state index is 11.6. The molecule has 1 N–H and O–H groups in total. The van der Waals surface area contributed by atoms with E-state index >= 15 is 0 Å². The molecule has 0 aliphatic rings. The standard InChI is InChI=1S/C23H25N3O/c1-4-13-23(27,21-9-7-6-8-10-21)26(5-2)22-12-11-20(18(3)14-22)15-19(16-24)17-25/h6-12,14-15,27H,4-5,13H2,1-3H3. The van der Waals surface area contributed by atoms with Crippen molar-refractivity contribution in [1.82, 2.24) is 0 Å². The van der Waals surface area contributed by atoms with Gasteiger partial charge in [0.15, 0.2) is 5.72 Å². The van der Waals surface area contributed by atoms with E-state index in [1.165, 1.54) is 0 Å². The van der Waals surface area contributed by atoms with Crippen LogP contribution in [0.1, 0.15) is 43.4 Å². The number of hydrogen-bond donors (Lipinski definition) is 1. The summed E-state index contributed by atoms with van der Waals surface area (Å²) in [5.41, 5.74) is 2.52. The Balaban J connectivity index is 2.50. The van der Waals surface area contributed by atoms with Gasteiger partial charge in [-0.05, 0) is 49.6 Å². The normalized spacial score (nSPS) is 12.4. The molecule has 0 aliphatic heterocycles. The average Bonchev–Trinajstić information content (AvgIpc) is 2.69. The molecule has 0 bridgehead atoms. The summed E-state index contributed by atoms with van der Waals surface area (Å²) in [7, 11) is 0. The quantitative estimate of drug-likeness (QED) is 0.564. The first-order chi connectivity index (χ1) is 13.0. The number of nitrogens with zero attached hydrogens (tertiary/aromatic N) is 3. The molecule has 1 atom stereocenters. The van der Waals surface area contributed by atoms with Crippen molar-refractivity contribution in [2.75, 3.05) is 11.4 Å². The zero-order valence-electron chi connectivity index (χ0n) is 16.1. The molecule has 2 rings (SSSR count). The van der Waals surface area contributed by atoms with Crippen molar-refractivity contribution in [3.63, 3.8) is 0 Å². The lowest BCUT2D eigenvalue weighted by Gasteiger charge is -2.41. The number of benzene rings is 2. The highest BCUT2D eigenvalue weighted by Crippen LogP contribution is 2.35. The maximum Gasteiger partial charge on any atom is 0.164 e. The molecule has 0 radical (unpaired) electrons.